The zero-order valence-electron chi connectivity index (χ0n) is 12.1. The van der Waals surface area contributed by atoms with Gasteiger partial charge in [0.05, 0.1) is 11.8 Å². The lowest BCUT2D eigenvalue weighted by molar-refractivity contribution is -0.139. The summed E-state index contributed by atoms with van der Waals surface area (Å²) in [5, 5.41) is 3.34. The fraction of sp³-hybridized carbons (Fsp3) is 0.917. The number of sulfonamides is 1. The fourth-order valence-electron chi connectivity index (χ4n) is 2.97. The average Bonchev–Trinajstić information content (AvgIpc) is 2.87. The summed E-state index contributed by atoms with van der Waals surface area (Å²) in [5.74, 6) is 0.139. The number of rotatable bonds is 3. The zero-order chi connectivity index (χ0) is 14.1. The van der Waals surface area contributed by atoms with E-state index >= 15 is 0 Å². The van der Waals surface area contributed by atoms with Gasteiger partial charge in [0.25, 0.3) is 0 Å². The number of nitrogens with zero attached hydrogens (tertiary/aromatic N) is 2. The van der Waals surface area contributed by atoms with Crippen LogP contribution in [0.1, 0.15) is 26.2 Å². The molecule has 2 rings (SSSR count). The molecule has 0 radical (unpaired) electrons. The zero-order valence-corrected chi connectivity index (χ0v) is 13.7. The first-order chi connectivity index (χ1) is 8.89. The molecule has 6 nitrogen and oxygen atoms in total. The maximum absolute atomic E-state index is 12.6. The Labute approximate surface area is 127 Å². The number of hydrogen-bond donors (Lipinski definition) is 1. The number of carbonyl (C=O) groups is 1. The molecule has 2 aliphatic heterocycles. The third-order valence-electron chi connectivity index (χ3n) is 4.25. The largest absolute Gasteiger partial charge is 0.338 e. The van der Waals surface area contributed by atoms with Crippen molar-refractivity contribution >= 4 is 28.3 Å². The monoisotopic (exact) mass is 325 g/mol. The minimum Gasteiger partial charge on any atom is -0.338 e. The van der Waals surface area contributed by atoms with Crippen molar-refractivity contribution in [2.24, 2.45) is 0 Å². The van der Waals surface area contributed by atoms with Crippen LogP contribution in [0.4, 0.5) is 0 Å². The maximum atomic E-state index is 12.6. The van der Waals surface area contributed by atoms with E-state index in [1.54, 1.807) is 0 Å². The standard InChI is InChI=1S/C12H23N3O3S.ClH/c1-3-12(5-4-6-13-12)11(16)14-7-9-15(10-8-14)19(2,17)18;/h13H,3-10H2,1-2H3;1H. The predicted octanol–water partition coefficient (Wildman–Crippen LogP) is 0.0442. The van der Waals surface area contributed by atoms with Crippen LogP contribution in [0.25, 0.3) is 0 Å². The molecule has 1 amide bonds. The summed E-state index contributed by atoms with van der Waals surface area (Å²) in [6.07, 6.45) is 3.92. The minimum absolute atomic E-state index is 0. The van der Waals surface area contributed by atoms with Gasteiger partial charge < -0.3 is 10.2 Å². The highest BCUT2D eigenvalue weighted by Crippen LogP contribution is 2.26. The molecule has 8 heteroatoms. The van der Waals surface area contributed by atoms with E-state index in [9.17, 15) is 13.2 Å². The predicted molar refractivity (Wildman–Crippen MR) is 80.5 cm³/mol. The summed E-state index contributed by atoms with van der Waals surface area (Å²) < 4.78 is 24.3. The summed E-state index contributed by atoms with van der Waals surface area (Å²) in [6.45, 7) is 4.73. The molecule has 0 saturated carbocycles. The number of carbonyl (C=O) groups excluding carboxylic acids is 1. The highest BCUT2D eigenvalue weighted by atomic mass is 35.5. The third kappa shape index (κ3) is 3.44. The highest BCUT2D eigenvalue weighted by Gasteiger charge is 2.42. The second-order valence-electron chi connectivity index (χ2n) is 5.42. The Kier molecular flexibility index (Phi) is 5.83. The van der Waals surface area contributed by atoms with Gasteiger partial charge in [-0.3, -0.25) is 4.79 Å². The van der Waals surface area contributed by atoms with Crippen molar-refractivity contribution in [2.45, 2.75) is 31.7 Å². The summed E-state index contributed by atoms with van der Waals surface area (Å²) in [6, 6.07) is 0. The lowest BCUT2D eigenvalue weighted by Crippen LogP contribution is -2.59. The van der Waals surface area contributed by atoms with Gasteiger partial charge in [0.1, 0.15) is 0 Å². The molecule has 1 unspecified atom stereocenters. The molecule has 0 aromatic carbocycles. The van der Waals surface area contributed by atoms with Crippen molar-refractivity contribution < 1.29 is 13.2 Å². The number of nitrogens with one attached hydrogen (secondary N) is 1. The lowest BCUT2D eigenvalue weighted by Gasteiger charge is -2.38. The molecule has 2 aliphatic rings. The van der Waals surface area contributed by atoms with Gasteiger partial charge in [-0.2, -0.15) is 4.31 Å². The van der Waals surface area contributed by atoms with Crippen LogP contribution < -0.4 is 5.32 Å². The lowest BCUT2D eigenvalue weighted by atomic mass is 9.92. The molecular weight excluding hydrogens is 302 g/mol. The van der Waals surface area contributed by atoms with Crippen molar-refractivity contribution in [1.29, 1.82) is 0 Å². The normalized spacial score (nSPS) is 28.2. The van der Waals surface area contributed by atoms with Crippen molar-refractivity contribution in [3.63, 3.8) is 0 Å². The van der Waals surface area contributed by atoms with Crippen LogP contribution >= 0.6 is 12.4 Å². The van der Waals surface area contributed by atoms with Gasteiger partial charge in [-0.1, -0.05) is 6.92 Å². The molecule has 0 aliphatic carbocycles. The van der Waals surface area contributed by atoms with Crippen LogP contribution in [0, 0.1) is 0 Å². The number of amides is 1. The molecule has 2 fully saturated rings. The first kappa shape index (κ1) is 17.7. The molecule has 0 bridgehead atoms. The van der Waals surface area contributed by atoms with Gasteiger partial charge in [-0.15, -0.1) is 12.4 Å². The molecule has 20 heavy (non-hydrogen) atoms. The molecule has 0 aromatic rings. The van der Waals surface area contributed by atoms with Gasteiger partial charge in [-0.05, 0) is 25.8 Å². The summed E-state index contributed by atoms with van der Waals surface area (Å²) in [7, 11) is -3.14. The third-order valence-corrected chi connectivity index (χ3v) is 5.55. The van der Waals surface area contributed by atoms with E-state index in [2.05, 4.69) is 5.32 Å². The summed E-state index contributed by atoms with van der Waals surface area (Å²) in [4.78, 5) is 14.4. The van der Waals surface area contributed by atoms with Gasteiger partial charge in [0.2, 0.25) is 15.9 Å². The Balaban J connectivity index is 0.00000200. The Hall–Kier alpha value is -0.370. The Morgan fingerprint density at radius 2 is 1.85 bits per heavy atom. The molecule has 2 heterocycles. The number of halogens is 1. The van der Waals surface area contributed by atoms with E-state index in [1.165, 1.54) is 10.6 Å². The molecule has 2 saturated heterocycles. The fourth-order valence-corrected chi connectivity index (χ4v) is 3.79. The molecule has 118 valence electrons. The van der Waals surface area contributed by atoms with E-state index in [4.69, 9.17) is 0 Å². The highest BCUT2D eigenvalue weighted by molar-refractivity contribution is 7.88. The molecule has 1 atom stereocenters. The minimum atomic E-state index is -3.14. The van der Waals surface area contributed by atoms with Gasteiger partial charge in [0, 0.05) is 26.2 Å². The number of hydrogen-bond acceptors (Lipinski definition) is 4. The molecular formula is C12H24ClN3O3S. The van der Waals surface area contributed by atoms with E-state index in [1.807, 2.05) is 11.8 Å². The Morgan fingerprint density at radius 3 is 2.25 bits per heavy atom. The van der Waals surface area contributed by atoms with Crippen LogP contribution in [-0.4, -0.2) is 68.0 Å². The summed E-state index contributed by atoms with van der Waals surface area (Å²) in [5.41, 5.74) is -0.409. The first-order valence-electron chi connectivity index (χ1n) is 6.88. The SMILES string of the molecule is CCC1(C(=O)N2CCN(S(C)(=O)=O)CC2)CCCN1.Cl. The average molecular weight is 326 g/mol. The van der Waals surface area contributed by atoms with Crippen LogP contribution in [0.15, 0.2) is 0 Å². The quantitative estimate of drug-likeness (QED) is 0.795. The Morgan fingerprint density at radius 1 is 1.25 bits per heavy atom. The van der Waals surface area contributed by atoms with Crippen LogP contribution in [0.5, 0.6) is 0 Å². The van der Waals surface area contributed by atoms with Gasteiger partial charge in [0.15, 0.2) is 0 Å². The van der Waals surface area contributed by atoms with E-state index in [0.29, 0.717) is 26.2 Å². The van der Waals surface area contributed by atoms with E-state index in [-0.39, 0.29) is 18.3 Å². The number of piperazine rings is 1. The topological polar surface area (TPSA) is 69.7 Å². The van der Waals surface area contributed by atoms with Crippen LogP contribution in [-0.2, 0) is 14.8 Å². The second-order valence-corrected chi connectivity index (χ2v) is 7.40. The maximum Gasteiger partial charge on any atom is 0.242 e. The van der Waals surface area contributed by atoms with Crippen molar-refractivity contribution in [3.05, 3.63) is 0 Å². The Bertz CT molecular complexity index is 441. The van der Waals surface area contributed by atoms with E-state index < -0.39 is 15.6 Å². The second kappa shape index (κ2) is 6.60. The van der Waals surface area contributed by atoms with Crippen LogP contribution in [0.2, 0.25) is 0 Å². The van der Waals surface area contributed by atoms with Crippen molar-refractivity contribution in [1.82, 2.24) is 14.5 Å². The molecule has 0 aromatic heterocycles. The molecule has 1 N–H and O–H groups in total. The molecule has 0 spiro atoms. The van der Waals surface area contributed by atoms with E-state index in [0.717, 1.165) is 25.8 Å². The van der Waals surface area contributed by atoms with Crippen LogP contribution in [0.3, 0.4) is 0 Å². The van der Waals surface area contributed by atoms with Crippen molar-refractivity contribution in [3.8, 4) is 0 Å². The summed E-state index contributed by atoms with van der Waals surface area (Å²) >= 11 is 0. The van der Waals surface area contributed by atoms with Crippen molar-refractivity contribution in [2.75, 3.05) is 39.0 Å². The first-order valence-corrected chi connectivity index (χ1v) is 8.73. The van der Waals surface area contributed by atoms with Gasteiger partial charge in [-0.25, -0.2) is 8.42 Å². The van der Waals surface area contributed by atoms with Gasteiger partial charge >= 0.3 is 0 Å². The smallest absolute Gasteiger partial charge is 0.242 e.